The highest BCUT2D eigenvalue weighted by Gasteiger charge is 2.14. The molecule has 0 amide bonds. The Labute approximate surface area is 116 Å². The van der Waals surface area contributed by atoms with E-state index in [2.05, 4.69) is 18.9 Å². The highest BCUT2D eigenvalue weighted by atomic mass is 35.5. The summed E-state index contributed by atoms with van der Waals surface area (Å²) in [5.74, 6) is 0.439. The average Bonchev–Trinajstić information content (AvgIpc) is 2.87. The van der Waals surface area contributed by atoms with Gasteiger partial charge >= 0.3 is 0 Å². The van der Waals surface area contributed by atoms with Crippen LogP contribution in [0.2, 0.25) is 0 Å². The number of hydrogen-bond donors (Lipinski definition) is 0. The first-order chi connectivity index (χ1) is 9.02. The zero-order valence-corrected chi connectivity index (χ0v) is 11.5. The lowest BCUT2D eigenvalue weighted by atomic mass is 10.1. The van der Waals surface area contributed by atoms with Crippen molar-refractivity contribution in [2.75, 3.05) is 0 Å². The van der Waals surface area contributed by atoms with Crippen molar-refractivity contribution >= 4 is 17.3 Å². The molecule has 0 aliphatic carbocycles. The first-order valence-electron chi connectivity index (χ1n) is 5.92. The number of nitrogens with zero attached hydrogens (tertiary/aromatic N) is 3. The second-order valence-electron chi connectivity index (χ2n) is 4.54. The van der Waals surface area contributed by atoms with Crippen LogP contribution in [0.5, 0.6) is 0 Å². The van der Waals surface area contributed by atoms with E-state index in [9.17, 15) is 10.1 Å². The SMILES string of the molecule is CC(C)c1ccn(-c2ccc([N+](=O)[O-])c(CCl)c2)n1. The summed E-state index contributed by atoms with van der Waals surface area (Å²) in [5, 5.41) is 15.3. The van der Waals surface area contributed by atoms with E-state index >= 15 is 0 Å². The molecule has 0 aliphatic heterocycles. The fourth-order valence-corrected chi connectivity index (χ4v) is 2.00. The van der Waals surface area contributed by atoms with E-state index in [-0.39, 0.29) is 11.6 Å². The van der Waals surface area contributed by atoms with Gasteiger partial charge in [-0.05, 0) is 24.1 Å². The second-order valence-corrected chi connectivity index (χ2v) is 4.81. The average molecular weight is 280 g/mol. The van der Waals surface area contributed by atoms with Crippen LogP contribution in [0.25, 0.3) is 5.69 Å². The maximum absolute atomic E-state index is 10.8. The molecule has 0 aliphatic rings. The second kappa shape index (κ2) is 5.40. The Morgan fingerprint density at radius 2 is 2.16 bits per heavy atom. The number of aromatic nitrogens is 2. The molecule has 0 saturated carbocycles. The monoisotopic (exact) mass is 279 g/mol. The number of rotatable bonds is 4. The van der Waals surface area contributed by atoms with Gasteiger partial charge in [0.1, 0.15) is 0 Å². The van der Waals surface area contributed by atoms with Crippen LogP contribution >= 0.6 is 11.6 Å². The van der Waals surface area contributed by atoms with Crippen LogP contribution in [0.3, 0.4) is 0 Å². The standard InChI is InChI=1S/C13H14ClN3O2/c1-9(2)12-5-6-16(15-12)11-3-4-13(17(18)19)10(7-11)8-14/h3-7,9H,8H2,1-2H3. The minimum Gasteiger partial charge on any atom is -0.258 e. The molecule has 5 nitrogen and oxygen atoms in total. The predicted octanol–water partition coefficient (Wildman–Crippen LogP) is 3.64. The number of benzene rings is 1. The van der Waals surface area contributed by atoms with Gasteiger partial charge in [0.05, 0.1) is 22.2 Å². The van der Waals surface area contributed by atoms with E-state index in [1.807, 2.05) is 12.3 Å². The molecule has 0 fully saturated rings. The summed E-state index contributed by atoms with van der Waals surface area (Å²) in [6, 6.07) is 6.77. The van der Waals surface area contributed by atoms with Crippen LogP contribution in [0.4, 0.5) is 5.69 Å². The summed E-state index contributed by atoms with van der Waals surface area (Å²) in [4.78, 5) is 10.4. The molecule has 0 bridgehead atoms. The van der Waals surface area contributed by atoms with Gasteiger partial charge in [-0.15, -0.1) is 11.6 Å². The van der Waals surface area contributed by atoms with E-state index in [1.54, 1.807) is 16.8 Å². The predicted molar refractivity (Wildman–Crippen MR) is 73.9 cm³/mol. The molecule has 0 unspecified atom stereocenters. The van der Waals surface area contributed by atoms with Crippen molar-refractivity contribution in [1.29, 1.82) is 0 Å². The molecule has 0 spiro atoms. The zero-order valence-electron chi connectivity index (χ0n) is 10.7. The Kier molecular flexibility index (Phi) is 3.85. The maximum Gasteiger partial charge on any atom is 0.273 e. The van der Waals surface area contributed by atoms with Crippen molar-refractivity contribution in [3.05, 3.63) is 51.8 Å². The number of alkyl halides is 1. The van der Waals surface area contributed by atoms with Crippen molar-refractivity contribution in [3.8, 4) is 5.69 Å². The fraction of sp³-hybridized carbons (Fsp3) is 0.308. The van der Waals surface area contributed by atoms with Gasteiger partial charge in [0.25, 0.3) is 5.69 Å². The third-order valence-corrected chi connectivity index (χ3v) is 3.16. The zero-order chi connectivity index (χ0) is 14.0. The van der Waals surface area contributed by atoms with E-state index in [4.69, 9.17) is 11.6 Å². The topological polar surface area (TPSA) is 61.0 Å². The summed E-state index contributed by atoms with van der Waals surface area (Å²) in [6.07, 6.45) is 1.84. The minimum atomic E-state index is -0.426. The first-order valence-corrected chi connectivity index (χ1v) is 6.45. The summed E-state index contributed by atoms with van der Waals surface area (Å²) >= 11 is 5.76. The van der Waals surface area contributed by atoms with Crippen LogP contribution in [-0.2, 0) is 5.88 Å². The third-order valence-electron chi connectivity index (χ3n) is 2.87. The van der Waals surface area contributed by atoms with Crippen molar-refractivity contribution in [3.63, 3.8) is 0 Å². The lowest BCUT2D eigenvalue weighted by molar-refractivity contribution is -0.385. The Morgan fingerprint density at radius 1 is 1.42 bits per heavy atom. The lowest BCUT2D eigenvalue weighted by Crippen LogP contribution is -2.00. The third kappa shape index (κ3) is 2.76. The molecule has 1 heterocycles. The molecule has 0 N–H and O–H groups in total. The molecule has 19 heavy (non-hydrogen) atoms. The van der Waals surface area contributed by atoms with Crippen molar-refractivity contribution in [2.45, 2.75) is 25.6 Å². The van der Waals surface area contributed by atoms with E-state index in [1.165, 1.54) is 6.07 Å². The van der Waals surface area contributed by atoms with Crippen LogP contribution in [0.1, 0.15) is 31.0 Å². The molecule has 6 heteroatoms. The quantitative estimate of drug-likeness (QED) is 0.488. The number of nitro benzene ring substituents is 1. The molecule has 2 aromatic rings. The molecule has 1 aromatic carbocycles. The van der Waals surface area contributed by atoms with E-state index in [0.717, 1.165) is 11.4 Å². The van der Waals surface area contributed by atoms with Gasteiger partial charge in [-0.25, -0.2) is 4.68 Å². The highest BCUT2D eigenvalue weighted by Crippen LogP contribution is 2.24. The number of nitro groups is 1. The maximum atomic E-state index is 10.8. The van der Waals surface area contributed by atoms with Gasteiger partial charge in [-0.3, -0.25) is 10.1 Å². The fourth-order valence-electron chi connectivity index (χ4n) is 1.79. The molecule has 0 atom stereocenters. The van der Waals surface area contributed by atoms with E-state index < -0.39 is 4.92 Å². The smallest absolute Gasteiger partial charge is 0.258 e. The number of halogens is 1. The van der Waals surface area contributed by atoms with Gasteiger partial charge in [0.15, 0.2) is 0 Å². The Morgan fingerprint density at radius 3 is 2.68 bits per heavy atom. The van der Waals surface area contributed by atoms with Crippen LogP contribution < -0.4 is 0 Å². The summed E-state index contributed by atoms with van der Waals surface area (Å²) < 4.78 is 1.70. The molecule has 2 rings (SSSR count). The van der Waals surface area contributed by atoms with Gasteiger partial charge in [-0.1, -0.05) is 13.8 Å². The Bertz CT molecular complexity index is 608. The molecular weight excluding hydrogens is 266 g/mol. The molecule has 0 radical (unpaired) electrons. The van der Waals surface area contributed by atoms with Crippen molar-refractivity contribution < 1.29 is 4.92 Å². The lowest BCUT2D eigenvalue weighted by Gasteiger charge is -2.05. The van der Waals surface area contributed by atoms with Gasteiger partial charge < -0.3 is 0 Å². The van der Waals surface area contributed by atoms with Crippen LogP contribution in [-0.4, -0.2) is 14.7 Å². The Hall–Kier alpha value is -1.88. The highest BCUT2D eigenvalue weighted by molar-refractivity contribution is 6.17. The summed E-state index contributed by atoms with van der Waals surface area (Å²) in [5.41, 5.74) is 2.28. The largest absolute Gasteiger partial charge is 0.273 e. The van der Waals surface area contributed by atoms with Gasteiger partial charge in [-0.2, -0.15) is 5.10 Å². The van der Waals surface area contributed by atoms with Gasteiger partial charge in [0.2, 0.25) is 0 Å². The Balaban J connectivity index is 2.42. The molecule has 100 valence electrons. The van der Waals surface area contributed by atoms with E-state index in [0.29, 0.717) is 11.5 Å². The summed E-state index contributed by atoms with van der Waals surface area (Å²) in [6.45, 7) is 4.12. The van der Waals surface area contributed by atoms with Crippen molar-refractivity contribution in [1.82, 2.24) is 9.78 Å². The van der Waals surface area contributed by atoms with Gasteiger partial charge in [0, 0.05) is 17.8 Å². The molecular formula is C13H14ClN3O2. The molecule has 1 aromatic heterocycles. The van der Waals surface area contributed by atoms with Crippen molar-refractivity contribution in [2.24, 2.45) is 0 Å². The summed E-state index contributed by atoms with van der Waals surface area (Å²) in [7, 11) is 0. The number of hydrogen-bond acceptors (Lipinski definition) is 3. The van der Waals surface area contributed by atoms with Crippen LogP contribution in [0.15, 0.2) is 30.5 Å². The van der Waals surface area contributed by atoms with Crippen LogP contribution in [0, 0.1) is 10.1 Å². The normalized spacial score (nSPS) is 10.9. The first kappa shape index (κ1) is 13.5. The minimum absolute atomic E-state index is 0.0370. The molecule has 0 saturated heterocycles.